The molecule has 1 heterocycles. The average molecular weight is 310 g/mol. The summed E-state index contributed by atoms with van der Waals surface area (Å²) in [6.45, 7) is 3.45. The minimum atomic E-state index is -0.123. The van der Waals surface area contributed by atoms with Crippen LogP contribution in [0.3, 0.4) is 0 Å². The largest absolute Gasteiger partial charge is 0.496 e. The van der Waals surface area contributed by atoms with E-state index in [0.717, 1.165) is 35.5 Å². The van der Waals surface area contributed by atoms with Gasteiger partial charge in [0.15, 0.2) is 0 Å². The Hall–Kier alpha value is -2.33. The van der Waals surface area contributed by atoms with Crippen molar-refractivity contribution in [1.82, 2.24) is 5.32 Å². The maximum atomic E-state index is 12.5. The van der Waals surface area contributed by atoms with Gasteiger partial charge in [-0.2, -0.15) is 0 Å². The number of hydrogen-bond acceptors (Lipinski definition) is 3. The van der Waals surface area contributed by atoms with E-state index in [-0.39, 0.29) is 11.9 Å². The van der Waals surface area contributed by atoms with E-state index >= 15 is 0 Å². The van der Waals surface area contributed by atoms with Crippen molar-refractivity contribution in [3.05, 3.63) is 59.7 Å². The molecule has 1 aliphatic rings. The normalized spacial score (nSPS) is 17.6. The summed E-state index contributed by atoms with van der Waals surface area (Å²) < 4.78 is 5.35. The van der Waals surface area contributed by atoms with Crippen LogP contribution in [-0.2, 0) is 11.3 Å². The van der Waals surface area contributed by atoms with E-state index in [4.69, 9.17) is 4.74 Å². The zero-order chi connectivity index (χ0) is 16.2. The third-order valence-corrected chi connectivity index (χ3v) is 4.30. The van der Waals surface area contributed by atoms with Crippen molar-refractivity contribution in [3.63, 3.8) is 0 Å². The van der Waals surface area contributed by atoms with Crippen LogP contribution in [0.1, 0.15) is 17.5 Å². The van der Waals surface area contributed by atoms with Crippen molar-refractivity contribution >= 4 is 11.6 Å². The van der Waals surface area contributed by atoms with E-state index in [9.17, 15) is 4.79 Å². The van der Waals surface area contributed by atoms with Crippen LogP contribution < -0.4 is 15.0 Å². The zero-order valence-corrected chi connectivity index (χ0v) is 13.6. The fourth-order valence-electron chi connectivity index (χ4n) is 2.95. The number of carbonyl (C=O) groups excluding carboxylic acids is 1. The lowest BCUT2D eigenvalue weighted by molar-refractivity contribution is -0.118. The number of nitrogens with one attached hydrogen (secondary N) is 1. The number of rotatable bonds is 5. The molecule has 2 aromatic rings. The van der Waals surface area contributed by atoms with Gasteiger partial charge in [-0.15, -0.1) is 0 Å². The van der Waals surface area contributed by atoms with Gasteiger partial charge in [0, 0.05) is 18.8 Å². The number of carbonyl (C=O) groups is 1. The highest BCUT2D eigenvalue weighted by Crippen LogP contribution is 2.22. The SMILES string of the molecule is COc1cc(CNC2CCN(c3ccccc3)C2=O)ccc1C. The third-order valence-electron chi connectivity index (χ3n) is 4.30. The molecule has 2 aromatic carbocycles. The van der Waals surface area contributed by atoms with Gasteiger partial charge in [-0.3, -0.25) is 4.79 Å². The van der Waals surface area contributed by atoms with Gasteiger partial charge in [-0.05, 0) is 42.7 Å². The Morgan fingerprint density at radius 3 is 2.74 bits per heavy atom. The molecular weight excluding hydrogens is 288 g/mol. The Morgan fingerprint density at radius 1 is 1.22 bits per heavy atom. The lowest BCUT2D eigenvalue weighted by Gasteiger charge is -2.17. The summed E-state index contributed by atoms with van der Waals surface area (Å²) in [5, 5.41) is 3.37. The topological polar surface area (TPSA) is 41.6 Å². The molecule has 0 spiro atoms. The summed E-state index contributed by atoms with van der Waals surface area (Å²) in [7, 11) is 1.68. The number of methoxy groups -OCH3 is 1. The highest BCUT2D eigenvalue weighted by atomic mass is 16.5. The number of para-hydroxylation sites is 1. The van der Waals surface area contributed by atoms with Crippen molar-refractivity contribution < 1.29 is 9.53 Å². The standard InChI is InChI=1S/C19H22N2O2/c1-14-8-9-15(12-18(14)23-2)13-20-17-10-11-21(19(17)22)16-6-4-3-5-7-16/h3-9,12,17,20H,10-11,13H2,1-2H3. The highest BCUT2D eigenvalue weighted by Gasteiger charge is 2.31. The summed E-state index contributed by atoms with van der Waals surface area (Å²) >= 11 is 0. The first-order valence-electron chi connectivity index (χ1n) is 7.92. The predicted molar refractivity (Wildman–Crippen MR) is 91.8 cm³/mol. The van der Waals surface area contributed by atoms with Crippen LogP contribution in [0.5, 0.6) is 5.75 Å². The maximum Gasteiger partial charge on any atom is 0.244 e. The Bertz CT molecular complexity index is 685. The number of aryl methyl sites for hydroxylation is 1. The molecule has 1 N–H and O–H groups in total. The molecule has 1 amide bonds. The molecular formula is C19H22N2O2. The van der Waals surface area contributed by atoms with Crippen LogP contribution in [-0.4, -0.2) is 25.6 Å². The van der Waals surface area contributed by atoms with Gasteiger partial charge in [-0.25, -0.2) is 0 Å². The molecule has 120 valence electrons. The fourth-order valence-corrected chi connectivity index (χ4v) is 2.95. The van der Waals surface area contributed by atoms with Crippen LogP contribution in [0.2, 0.25) is 0 Å². The van der Waals surface area contributed by atoms with E-state index in [1.54, 1.807) is 7.11 Å². The van der Waals surface area contributed by atoms with E-state index < -0.39 is 0 Å². The first kappa shape index (κ1) is 15.6. The van der Waals surface area contributed by atoms with E-state index in [1.165, 1.54) is 0 Å². The Kier molecular flexibility index (Phi) is 4.63. The number of benzene rings is 2. The number of amides is 1. The van der Waals surface area contributed by atoms with Crippen molar-refractivity contribution in [3.8, 4) is 5.75 Å². The summed E-state index contributed by atoms with van der Waals surface area (Å²) in [6.07, 6.45) is 0.830. The lowest BCUT2D eigenvalue weighted by Crippen LogP contribution is -2.37. The first-order valence-corrected chi connectivity index (χ1v) is 7.92. The first-order chi connectivity index (χ1) is 11.2. The van der Waals surface area contributed by atoms with Gasteiger partial charge >= 0.3 is 0 Å². The summed E-state index contributed by atoms with van der Waals surface area (Å²) in [6, 6.07) is 15.9. The van der Waals surface area contributed by atoms with Crippen molar-refractivity contribution in [1.29, 1.82) is 0 Å². The molecule has 1 aliphatic heterocycles. The zero-order valence-electron chi connectivity index (χ0n) is 13.6. The van der Waals surface area contributed by atoms with Crippen molar-refractivity contribution in [2.45, 2.75) is 25.9 Å². The van der Waals surface area contributed by atoms with E-state index in [0.29, 0.717) is 6.54 Å². The van der Waals surface area contributed by atoms with Gasteiger partial charge in [0.25, 0.3) is 0 Å². The summed E-state index contributed by atoms with van der Waals surface area (Å²) in [4.78, 5) is 14.4. The number of nitrogens with zero attached hydrogens (tertiary/aromatic N) is 1. The predicted octanol–water partition coefficient (Wildman–Crippen LogP) is 2.90. The Balaban J connectivity index is 1.62. The second-order valence-electron chi connectivity index (χ2n) is 5.85. The molecule has 0 aromatic heterocycles. The van der Waals surface area contributed by atoms with Crippen LogP contribution in [0, 0.1) is 6.92 Å². The molecule has 0 aliphatic carbocycles. The summed E-state index contributed by atoms with van der Waals surface area (Å²) in [5.41, 5.74) is 3.21. The molecule has 0 radical (unpaired) electrons. The fraction of sp³-hybridized carbons (Fsp3) is 0.316. The Labute approximate surface area is 137 Å². The summed E-state index contributed by atoms with van der Waals surface area (Å²) in [5.74, 6) is 1.03. The second-order valence-corrected chi connectivity index (χ2v) is 5.85. The second kappa shape index (κ2) is 6.84. The van der Waals surface area contributed by atoms with Gasteiger partial charge in [-0.1, -0.05) is 30.3 Å². The molecule has 4 nitrogen and oxygen atoms in total. The third kappa shape index (κ3) is 3.37. The molecule has 1 fully saturated rings. The lowest BCUT2D eigenvalue weighted by atomic mass is 10.1. The van der Waals surface area contributed by atoms with Crippen molar-refractivity contribution in [2.24, 2.45) is 0 Å². The highest BCUT2D eigenvalue weighted by molar-refractivity contribution is 5.99. The molecule has 23 heavy (non-hydrogen) atoms. The number of hydrogen-bond donors (Lipinski definition) is 1. The minimum absolute atomic E-state index is 0.123. The van der Waals surface area contributed by atoms with Crippen LogP contribution >= 0.6 is 0 Å². The van der Waals surface area contributed by atoms with Crippen LogP contribution in [0.15, 0.2) is 48.5 Å². The molecule has 1 unspecified atom stereocenters. The molecule has 1 saturated heterocycles. The maximum absolute atomic E-state index is 12.5. The van der Waals surface area contributed by atoms with Gasteiger partial charge in [0.2, 0.25) is 5.91 Å². The van der Waals surface area contributed by atoms with E-state index in [1.807, 2.05) is 54.3 Å². The van der Waals surface area contributed by atoms with Gasteiger partial charge < -0.3 is 15.0 Å². The van der Waals surface area contributed by atoms with Crippen LogP contribution in [0.4, 0.5) is 5.69 Å². The number of anilines is 1. The van der Waals surface area contributed by atoms with Crippen LogP contribution in [0.25, 0.3) is 0 Å². The Morgan fingerprint density at radius 2 is 2.00 bits per heavy atom. The molecule has 0 saturated carbocycles. The number of ether oxygens (including phenoxy) is 1. The minimum Gasteiger partial charge on any atom is -0.496 e. The smallest absolute Gasteiger partial charge is 0.244 e. The monoisotopic (exact) mass is 310 g/mol. The molecule has 3 rings (SSSR count). The van der Waals surface area contributed by atoms with Gasteiger partial charge in [0.05, 0.1) is 13.2 Å². The molecule has 0 bridgehead atoms. The molecule has 4 heteroatoms. The van der Waals surface area contributed by atoms with Crippen molar-refractivity contribution in [2.75, 3.05) is 18.6 Å². The van der Waals surface area contributed by atoms with E-state index in [2.05, 4.69) is 11.4 Å². The van der Waals surface area contributed by atoms with Gasteiger partial charge in [0.1, 0.15) is 5.75 Å². The average Bonchev–Trinajstić information content (AvgIpc) is 2.95. The quantitative estimate of drug-likeness (QED) is 0.923. The molecule has 1 atom stereocenters.